The fraction of sp³-hybridized carbons (Fsp3) is 0.571. The number of hydrogen-bond donors (Lipinski definition) is 0. The number of ether oxygens (including phenoxy) is 1. The van der Waals surface area contributed by atoms with Gasteiger partial charge in [-0.1, -0.05) is 11.6 Å². The first kappa shape index (κ1) is 14.3. The number of aromatic nitrogens is 1. The average Bonchev–Trinajstić information content (AvgIpc) is 2.27. The van der Waals surface area contributed by atoms with Gasteiger partial charge in [0.1, 0.15) is 11.6 Å². The predicted octanol–water partition coefficient (Wildman–Crippen LogP) is 2.43. The van der Waals surface area contributed by atoms with Crippen LogP contribution in [0.25, 0.3) is 0 Å². The van der Waals surface area contributed by atoms with Crippen molar-refractivity contribution in [2.45, 2.75) is 45.4 Å². The molecule has 0 radical (unpaired) electrons. The van der Waals surface area contributed by atoms with Crippen molar-refractivity contribution in [3.05, 3.63) is 28.5 Å². The van der Waals surface area contributed by atoms with E-state index >= 15 is 0 Å². The van der Waals surface area contributed by atoms with Crippen LogP contribution in [0.4, 0.5) is 0 Å². The molecule has 1 aliphatic rings. The molecule has 0 spiro atoms. The number of carbonyl (C=O) groups is 1. The summed E-state index contributed by atoms with van der Waals surface area (Å²) in [6.45, 7) is 6.23. The van der Waals surface area contributed by atoms with Gasteiger partial charge in [0.15, 0.2) is 0 Å². The second-order valence-electron chi connectivity index (χ2n) is 5.89. The summed E-state index contributed by atoms with van der Waals surface area (Å²) in [6.07, 6.45) is 2.22. The van der Waals surface area contributed by atoms with Gasteiger partial charge in [-0.25, -0.2) is 0 Å². The maximum Gasteiger partial charge on any atom is 0.324 e. The molecule has 1 aromatic rings. The molecular weight excluding hydrogens is 264 g/mol. The van der Waals surface area contributed by atoms with Crippen molar-refractivity contribution in [3.8, 4) is 0 Å². The Balaban J connectivity index is 2.20. The molecule has 0 aromatic carbocycles. The highest BCUT2D eigenvalue weighted by Gasteiger charge is 2.33. The summed E-state index contributed by atoms with van der Waals surface area (Å²) in [5, 5.41) is 0.708. The van der Waals surface area contributed by atoms with Crippen molar-refractivity contribution in [1.29, 1.82) is 0 Å². The van der Waals surface area contributed by atoms with Gasteiger partial charge >= 0.3 is 5.97 Å². The second kappa shape index (κ2) is 5.10. The highest BCUT2D eigenvalue weighted by atomic mass is 35.5. The second-order valence-corrected chi connectivity index (χ2v) is 6.29. The van der Waals surface area contributed by atoms with Crippen LogP contribution in [0.15, 0.2) is 12.3 Å². The monoisotopic (exact) mass is 282 g/mol. The molecule has 5 heteroatoms. The molecule has 104 valence electrons. The number of pyridine rings is 1. The van der Waals surface area contributed by atoms with Crippen LogP contribution in [0.1, 0.15) is 32.0 Å². The molecule has 0 bridgehead atoms. The molecule has 0 fully saturated rings. The minimum Gasteiger partial charge on any atom is -0.459 e. The zero-order valence-corrected chi connectivity index (χ0v) is 12.5. The molecule has 0 amide bonds. The lowest BCUT2D eigenvalue weighted by Gasteiger charge is -2.34. The van der Waals surface area contributed by atoms with E-state index in [2.05, 4.69) is 4.98 Å². The minimum absolute atomic E-state index is 0.206. The molecule has 1 unspecified atom stereocenters. The smallest absolute Gasteiger partial charge is 0.324 e. The van der Waals surface area contributed by atoms with E-state index in [4.69, 9.17) is 16.3 Å². The number of halogens is 1. The van der Waals surface area contributed by atoms with Crippen LogP contribution in [0.3, 0.4) is 0 Å². The Labute approximate surface area is 118 Å². The van der Waals surface area contributed by atoms with Gasteiger partial charge in [0.25, 0.3) is 0 Å². The Morgan fingerprint density at radius 2 is 2.21 bits per heavy atom. The third-order valence-corrected chi connectivity index (χ3v) is 3.45. The maximum atomic E-state index is 12.2. The van der Waals surface area contributed by atoms with Crippen molar-refractivity contribution in [2.75, 3.05) is 7.05 Å². The minimum atomic E-state index is -0.472. The van der Waals surface area contributed by atoms with Crippen molar-refractivity contribution in [3.63, 3.8) is 0 Å². The molecule has 2 rings (SSSR count). The van der Waals surface area contributed by atoms with E-state index in [1.54, 1.807) is 12.3 Å². The topological polar surface area (TPSA) is 42.4 Å². The van der Waals surface area contributed by atoms with Crippen LogP contribution < -0.4 is 0 Å². The van der Waals surface area contributed by atoms with Crippen molar-refractivity contribution in [2.24, 2.45) is 0 Å². The van der Waals surface area contributed by atoms with Crippen LogP contribution >= 0.6 is 11.6 Å². The van der Waals surface area contributed by atoms with Gasteiger partial charge in [0.2, 0.25) is 0 Å². The summed E-state index contributed by atoms with van der Waals surface area (Å²) in [7, 11) is 1.90. The number of fused-ring (bicyclic) bond motifs is 1. The van der Waals surface area contributed by atoms with Crippen molar-refractivity contribution in [1.82, 2.24) is 9.88 Å². The van der Waals surface area contributed by atoms with Crippen molar-refractivity contribution < 1.29 is 9.53 Å². The fourth-order valence-electron chi connectivity index (χ4n) is 2.18. The molecule has 0 N–H and O–H groups in total. The Morgan fingerprint density at radius 3 is 2.84 bits per heavy atom. The summed E-state index contributed by atoms with van der Waals surface area (Å²) >= 11 is 6.16. The number of hydrogen-bond acceptors (Lipinski definition) is 4. The fourth-order valence-corrected chi connectivity index (χ4v) is 2.41. The highest BCUT2D eigenvalue weighted by Crippen LogP contribution is 2.27. The summed E-state index contributed by atoms with van der Waals surface area (Å²) < 4.78 is 5.45. The molecule has 0 saturated heterocycles. The van der Waals surface area contributed by atoms with E-state index in [9.17, 15) is 4.79 Å². The molecular formula is C14H19ClN2O2. The van der Waals surface area contributed by atoms with Gasteiger partial charge in [-0.15, -0.1) is 0 Å². The van der Waals surface area contributed by atoms with Crippen LogP contribution in [-0.4, -0.2) is 34.5 Å². The van der Waals surface area contributed by atoms with Gasteiger partial charge < -0.3 is 4.74 Å². The quantitative estimate of drug-likeness (QED) is 0.742. The van der Waals surface area contributed by atoms with E-state index in [1.165, 1.54) is 0 Å². The van der Waals surface area contributed by atoms with E-state index in [0.29, 0.717) is 18.0 Å². The summed E-state index contributed by atoms with van der Waals surface area (Å²) in [5.74, 6) is -0.206. The normalized spacial score (nSPS) is 19.9. The molecule has 19 heavy (non-hydrogen) atoms. The number of nitrogens with zero attached hydrogens (tertiary/aromatic N) is 2. The van der Waals surface area contributed by atoms with Crippen molar-refractivity contribution >= 4 is 17.6 Å². The number of rotatable bonds is 1. The Morgan fingerprint density at radius 1 is 1.53 bits per heavy atom. The molecule has 4 nitrogen and oxygen atoms in total. The molecule has 1 aliphatic heterocycles. The lowest BCUT2D eigenvalue weighted by atomic mass is 9.99. The summed E-state index contributed by atoms with van der Waals surface area (Å²) in [5.41, 5.74) is 1.42. The largest absolute Gasteiger partial charge is 0.459 e. The predicted molar refractivity (Wildman–Crippen MR) is 74.1 cm³/mol. The molecule has 0 aliphatic carbocycles. The Kier molecular flexibility index (Phi) is 3.83. The van der Waals surface area contributed by atoms with Gasteiger partial charge in [0, 0.05) is 35.4 Å². The average molecular weight is 283 g/mol. The van der Waals surface area contributed by atoms with Crippen LogP contribution in [0, 0.1) is 0 Å². The first-order valence-corrected chi connectivity index (χ1v) is 6.71. The third-order valence-electron chi connectivity index (χ3n) is 3.09. The van der Waals surface area contributed by atoms with Crippen LogP contribution in [0.5, 0.6) is 0 Å². The number of likely N-dealkylation sites (N-methyl/N-ethyl adjacent to an activating group) is 1. The maximum absolute atomic E-state index is 12.2. The first-order chi connectivity index (χ1) is 8.78. The van der Waals surface area contributed by atoms with E-state index in [-0.39, 0.29) is 12.0 Å². The zero-order chi connectivity index (χ0) is 14.2. The lowest BCUT2D eigenvalue weighted by molar-refractivity contribution is -0.161. The van der Waals surface area contributed by atoms with Gasteiger partial charge in [-0.3, -0.25) is 14.7 Å². The third kappa shape index (κ3) is 3.25. The van der Waals surface area contributed by atoms with Crippen LogP contribution in [0.2, 0.25) is 5.02 Å². The van der Waals surface area contributed by atoms with Gasteiger partial charge in [0.05, 0.1) is 0 Å². The SMILES string of the molecule is CN1Cc2c(Cl)ccnc2CC1C(=O)OC(C)(C)C. The molecule has 0 saturated carbocycles. The highest BCUT2D eigenvalue weighted by molar-refractivity contribution is 6.31. The van der Waals surface area contributed by atoms with Gasteiger partial charge in [-0.2, -0.15) is 0 Å². The Bertz CT molecular complexity index is 497. The molecule has 2 heterocycles. The summed E-state index contributed by atoms with van der Waals surface area (Å²) in [4.78, 5) is 18.5. The van der Waals surface area contributed by atoms with Crippen LogP contribution in [-0.2, 0) is 22.5 Å². The zero-order valence-electron chi connectivity index (χ0n) is 11.7. The molecule has 1 aromatic heterocycles. The summed E-state index contributed by atoms with van der Waals surface area (Å²) in [6, 6.07) is 1.49. The standard InChI is InChI=1S/C14H19ClN2O2/c1-14(2,3)19-13(18)12-7-11-9(8-17(12)4)10(15)5-6-16-11/h5-6,12H,7-8H2,1-4H3. The van der Waals surface area contributed by atoms with E-state index in [1.807, 2.05) is 32.7 Å². The van der Waals surface area contributed by atoms with E-state index in [0.717, 1.165) is 11.3 Å². The van der Waals surface area contributed by atoms with Gasteiger partial charge in [-0.05, 0) is 33.9 Å². The first-order valence-electron chi connectivity index (χ1n) is 6.33. The lowest BCUT2D eigenvalue weighted by Crippen LogP contribution is -2.46. The van der Waals surface area contributed by atoms with E-state index < -0.39 is 5.60 Å². The molecule has 1 atom stereocenters. The number of carbonyl (C=O) groups excluding carboxylic acids is 1. The Hall–Kier alpha value is -1.13. The number of esters is 1.